The summed E-state index contributed by atoms with van der Waals surface area (Å²) in [5.74, 6) is 0.473. The third-order valence-corrected chi connectivity index (χ3v) is 5.21. The van der Waals surface area contributed by atoms with Crippen LogP contribution in [0.3, 0.4) is 0 Å². The van der Waals surface area contributed by atoms with E-state index in [2.05, 4.69) is 18.8 Å². The minimum Gasteiger partial charge on any atom is -0.341 e. The molecule has 2 aromatic rings. The molecule has 1 amide bonds. The van der Waals surface area contributed by atoms with Crippen molar-refractivity contribution in [3.8, 4) is 0 Å². The van der Waals surface area contributed by atoms with E-state index in [9.17, 15) is 9.59 Å². The molecule has 1 atom stereocenters. The van der Waals surface area contributed by atoms with Gasteiger partial charge in [-0.2, -0.15) is 0 Å². The summed E-state index contributed by atoms with van der Waals surface area (Å²) in [6.07, 6.45) is 1.62. The predicted octanol–water partition coefficient (Wildman–Crippen LogP) is 2.08. The van der Waals surface area contributed by atoms with Crippen molar-refractivity contribution in [1.29, 1.82) is 0 Å². The van der Waals surface area contributed by atoms with E-state index in [1.165, 1.54) is 0 Å². The molecule has 0 radical (unpaired) electrons. The summed E-state index contributed by atoms with van der Waals surface area (Å²) in [5, 5.41) is 0. The van der Waals surface area contributed by atoms with Crippen LogP contribution in [0.5, 0.6) is 0 Å². The maximum absolute atomic E-state index is 12.9. The number of piperidine rings is 1. The Balaban J connectivity index is 1.74. The van der Waals surface area contributed by atoms with Gasteiger partial charge in [-0.3, -0.25) is 14.3 Å². The Labute approximate surface area is 148 Å². The number of fused-ring (bicyclic) bond motifs is 1. The molecule has 0 bridgehead atoms. The molecule has 1 saturated heterocycles. The fourth-order valence-corrected chi connectivity index (χ4v) is 4.07. The molecule has 1 aromatic heterocycles. The van der Waals surface area contributed by atoms with Crippen LogP contribution in [-0.2, 0) is 4.79 Å². The molecule has 2 heterocycles. The zero-order valence-corrected chi connectivity index (χ0v) is 15.5. The summed E-state index contributed by atoms with van der Waals surface area (Å²) < 4.78 is 1.86. The van der Waals surface area contributed by atoms with Gasteiger partial charge in [0, 0.05) is 19.1 Å². The number of H-pyrrole nitrogens is 1. The predicted molar refractivity (Wildman–Crippen MR) is 99.7 cm³/mol. The lowest BCUT2D eigenvalue weighted by atomic mass is 9.98. The average Bonchev–Trinajstić information content (AvgIpc) is 2.90. The Bertz CT molecular complexity index is 789. The lowest BCUT2D eigenvalue weighted by Crippen LogP contribution is -2.51. The number of hydrogen-bond donors (Lipinski definition) is 1. The molecular weight excluding hydrogens is 316 g/mol. The molecule has 3 rings (SSSR count). The summed E-state index contributed by atoms with van der Waals surface area (Å²) in [6, 6.07) is 7.84. The summed E-state index contributed by atoms with van der Waals surface area (Å²) >= 11 is 0. The summed E-state index contributed by atoms with van der Waals surface area (Å²) in [6.45, 7) is 5.57. The number of hydrogen-bond acceptors (Lipinski definition) is 3. The quantitative estimate of drug-likeness (QED) is 0.924. The van der Waals surface area contributed by atoms with Gasteiger partial charge in [-0.1, -0.05) is 26.0 Å². The second-order valence-corrected chi connectivity index (χ2v) is 7.53. The topological polar surface area (TPSA) is 61.3 Å². The minimum atomic E-state index is -0.0904. The van der Waals surface area contributed by atoms with Crippen molar-refractivity contribution in [3.63, 3.8) is 0 Å². The van der Waals surface area contributed by atoms with Crippen LogP contribution in [0.2, 0.25) is 0 Å². The van der Waals surface area contributed by atoms with Gasteiger partial charge >= 0.3 is 5.69 Å². The number of benzene rings is 1. The van der Waals surface area contributed by atoms with Crippen molar-refractivity contribution in [3.05, 3.63) is 34.7 Å². The number of aromatic amines is 1. The molecule has 0 spiro atoms. The molecule has 1 fully saturated rings. The third kappa shape index (κ3) is 3.35. The van der Waals surface area contributed by atoms with Crippen molar-refractivity contribution in [2.75, 3.05) is 27.2 Å². The van der Waals surface area contributed by atoms with E-state index in [1.807, 2.05) is 52.7 Å². The van der Waals surface area contributed by atoms with Crippen molar-refractivity contribution >= 4 is 16.9 Å². The first-order chi connectivity index (χ1) is 11.9. The average molecular weight is 344 g/mol. The first kappa shape index (κ1) is 17.7. The van der Waals surface area contributed by atoms with Crippen molar-refractivity contribution < 1.29 is 4.79 Å². The second-order valence-electron chi connectivity index (χ2n) is 7.53. The standard InChI is InChI=1S/C19H28N4O2/c1-13(2)17(21(3)4)18(24)22-11-9-14(10-12-22)23-16-8-6-5-7-15(16)20-19(23)25/h5-8,13-14,17H,9-12H2,1-4H3,(H,20,25). The second kappa shape index (κ2) is 7.04. The Kier molecular flexibility index (Phi) is 4.99. The Hall–Kier alpha value is -2.08. The van der Waals surface area contributed by atoms with Crippen LogP contribution < -0.4 is 5.69 Å². The lowest BCUT2D eigenvalue weighted by molar-refractivity contribution is -0.138. The maximum Gasteiger partial charge on any atom is 0.326 e. The van der Waals surface area contributed by atoms with Crippen molar-refractivity contribution in [2.45, 2.75) is 38.8 Å². The summed E-state index contributed by atoms with van der Waals surface area (Å²) in [5.41, 5.74) is 1.77. The molecule has 1 aliphatic heterocycles. The normalized spacial score (nSPS) is 17.6. The van der Waals surface area contributed by atoms with Crippen LogP contribution in [-0.4, -0.2) is 58.5 Å². The lowest BCUT2D eigenvalue weighted by Gasteiger charge is -2.37. The van der Waals surface area contributed by atoms with E-state index in [-0.39, 0.29) is 29.6 Å². The highest BCUT2D eigenvalue weighted by atomic mass is 16.2. The molecule has 6 nitrogen and oxygen atoms in total. The van der Waals surface area contributed by atoms with E-state index in [0.717, 1.165) is 23.9 Å². The molecule has 1 N–H and O–H groups in total. The molecule has 0 aliphatic carbocycles. The van der Waals surface area contributed by atoms with Crippen molar-refractivity contribution in [1.82, 2.24) is 19.4 Å². The van der Waals surface area contributed by atoms with Gasteiger partial charge in [0.25, 0.3) is 0 Å². The first-order valence-corrected chi connectivity index (χ1v) is 9.04. The molecule has 136 valence electrons. The van der Waals surface area contributed by atoms with Crippen molar-refractivity contribution in [2.24, 2.45) is 5.92 Å². The van der Waals surface area contributed by atoms with Gasteiger partial charge in [0.15, 0.2) is 0 Å². The molecule has 0 saturated carbocycles. The van der Waals surface area contributed by atoms with E-state index in [1.54, 1.807) is 0 Å². The van der Waals surface area contributed by atoms with Crippen LogP contribution in [0.25, 0.3) is 11.0 Å². The van der Waals surface area contributed by atoms with E-state index in [4.69, 9.17) is 0 Å². The Morgan fingerprint density at radius 3 is 2.44 bits per heavy atom. The van der Waals surface area contributed by atoms with Gasteiger partial charge in [-0.05, 0) is 45.0 Å². The molecule has 1 unspecified atom stereocenters. The molecule has 1 aromatic carbocycles. The zero-order chi connectivity index (χ0) is 18.1. The van der Waals surface area contributed by atoms with Crippen LogP contribution in [0.15, 0.2) is 29.1 Å². The number of para-hydroxylation sites is 2. The number of carbonyl (C=O) groups excluding carboxylic acids is 1. The van der Waals surface area contributed by atoms with E-state index < -0.39 is 0 Å². The van der Waals surface area contributed by atoms with Gasteiger partial charge in [-0.15, -0.1) is 0 Å². The number of nitrogens with one attached hydrogen (secondary N) is 1. The number of rotatable bonds is 4. The minimum absolute atomic E-state index is 0.0562. The number of aromatic nitrogens is 2. The first-order valence-electron chi connectivity index (χ1n) is 9.04. The number of likely N-dealkylation sites (tertiary alicyclic amines) is 1. The number of carbonyl (C=O) groups is 1. The van der Waals surface area contributed by atoms with Gasteiger partial charge < -0.3 is 9.88 Å². The molecule has 25 heavy (non-hydrogen) atoms. The maximum atomic E-state index is 12.9. The summed E-state index contributed by atoms with van der Waals surface area (Å²) in [4.78, 5) is 32.1. The van der Waals surface area contributed by atoms with Crippen LogP contribution in [0, 0.1) is 5.92 Å². The van der Waals surface area contributed by atoms with Gasteiger partial charge in [0.2, 0.25) is 5.91 Å². The van der Waals surface area contributed by atoms with Crippen LogP contribution in [0.1, 0.15) is 32.7 Å². The van der Waals surface area contributed by atoms with E-state index >= 15 is 0 Å². The van der Waals surface area contributed by atoms with Gasteiger partial charge in [0.05, 0.1) is 17.1 Å². The molecular formula is C19H28N4O2. The van der Waals surface area contributed by atoms with Crippen LogP contribution >= 0.6 is 0 Å². The summed E-state index contributed by atoms with van der Waals surface area (Å²) in [7, 11) is 3.92. The number of likely N-dealkylation sites (N-methyl/N-ethyl adjacent to an activating group) is 1. The number of amides is 1. The Morgan fingerprint density at radius 2 is 1.84 bits per heavy atom. The number of nitrogens with zero attached hydrogens (tertiary/aromatic N) is 3. The van der Waals surface area contributed by atoms with Gasteiger partial charge in [-0.25, -0.2) is 4.79 Å². The fourth-order valence-electron chi connectivity index (χ4n) is 4.07. The zero-order valence-electron chi connectivity index (χ0n) is 15.5. The van der Waals surface area contributed by atoms with Gasteiger partial charge in [0.1, 0.15) is 0 Å². The highest BCUT2D eigenvalue weighted by Gasteiger charge is 2.32. The highest BCUT2D eigenvalue weighted by Crippen LogP contribution is 2.26. The fraction of sp³-hybridized carbons (Fsp3) is 0.579. The van der Waals surface area contributed by atoms with E-state index in [0.29, 0.717) is 13.1 Å². The third-order valence-electron chi connectivity index (χ3n) is 5.21. The smallest absolute Gasteiger partial charge is 0.326 e. The number of imidazole rings is 1. The Morgan fingerprint density at radius 1 is 1.20 bits per heavy atom. The largest absolute Gasteiger partial charge is 0.341 e. The SMILES string of the molecule is CC(C)C(C(=O)N1CCC(n2c(=O)[nH]c3ccccc32)CC1)N(C)C. The molecule has 6 heteroatoms. The van der Waals surface area contributed by atoms with Crippen LogP contribution in [0.4, 0.5) is 0 Å². The molecule has 1 aliphatic rings. The highest BCUT2D eigenvalue weighted by molar-refractivity contribution is 5.82. The monoisotopic (exact) mass is 344 g/mol.